The average Bonchev–Trinajstić information content (AvgIpc) is 3.20. The predicted molar refractivity (Wildman–Crippen MR) is 81.6 cm³/mol. The van der Waals surface area contributed by atoms with E-state index in [1.54, 1.807) is 11.4 Å². The van der Waals surface area contributed by atoms with Gasteiger partial charge < -0.3 is 10.1 Å². The summed E-state index contributed by atoms with van der Waals surface area (Å²) in [4.78, 5) is 24.3. The molecule has 1 aromatic carbocycles. The van der Waals surface area contributed by atoms with Crippen molar-refractivity contribution in [2.24, 2.45) is 5.92 Å². The van der Waals surface area contributed by atoms with Crippen LogP contribution in [0.3, 0.4) is 0 Å². The van der Waals surface area contributed by atoms with E-state index in [1.807, 2.05) is 30.3 Å². The number of methoxy groups -OCH3 is 1. The van der Waals surface area contributed by atoms with Gasteiger partial charge in [0.05, 0.1) is 12.8 Å². The smallest absolute Gasteiger partial charge is 0.350 e. The largest absolute Gasteiger partial charge is 0.465 e. The van der Waals surface area contributed by atoms with E-state index in [4.69, 9.17) is 4.74 Å². The molecule has 1 aliphatic carbocycles. The molecule has 1 amide bonds. The molecule has 2 aromatic rings. The number of hydrogen-bond donors (Lipinski definition) is 1. The van der Waals surface area contributed by atoms with Gasteiger partial charge in [0.1, 0.15) is 4.88 Å². The summed E-state index contributed by atoms with van der Waals surface area (Å²) in [7, 11) is 1.33. The number of benzene rings is 1. The third kappa shape index (κ3) is 2.83. The second-order valence-electron chi connectivity index (χ2n) is 5.00. The van der Waals surface area contributed by atoms with Crippen LogP contribution in [-0.4, -0.2) is 19.0 Å². The molecule has 1 aromatic heterocycles. The monoisotopic (exact) mass is 301 g/mol. The summed E-state index contributed by atoms with van der Waals surface area (Å²) in [6.07, 6.45) is 0.855. The number of amides is 1. The lowest BCUT2D eigenvalue weighted by atomic mass is 10.1. The van der Waals surface area contributed by atoms with E-state index in [2.05, 4.69) is 5.32 Å². The molecule has 0 unspecified atom stereocenters. The van der Waals surface area contributed by atoms with Gasteiger partial charge in [-0.1, -0.05) is 30.3 Å². The van der Waals surface area contributed by atoms with Gasteiger partial charge >= 0.3 is 5.97 Å². The Morgan fingerprint density at radius 1 is 1.24 bits per heavy atom. The fraction of sp³-hybridized carbons (Fsp3) is 0.250. The molecule has 1 aliphatic rings. The summed E-state index contributed by atoms with van der Waals surface area (Å²) >= 11 is 1.26. The van der Waals surface area contributed by atoms with Gasteiger partial charge in [0.15, 0.2) is 0 Å². The van der Waals surface area contributed by atoms with Crippen LogP contribution in [0, 0.1) is 5.92 Å². The lowest BCUT2D eigenvalue weighted by Crippen LogP contribution is -2.16. The van der Waals surface area contributed by atoms with E-state index < -0.39 is 5.97 Å². The van der Waals surface area contributed by atoms with Crippen LogP contribution in [0.15, 0.2) is 41.8 Å². The van der Waals surface area contributed by atoms with Crippen LogP contribution in [0.1, 0.15) is 27.6 Å². The highest BCUT2D eigenvalue weighted by Gasteiger charge is 2.44. The van der Waals surface area contributed by atoms with Crippen LogP contribution in [-0.2, 0) is 9.53 Å². The van der Waals surface area contributed by atoms with Crippen molar-refractivity contribution in [3.8, 4) is 0 Å². The molecule has 108 valence electrons. The highest BCUT2D eigenvalue weighted by atomic mass is 32.1. The van der Waals surface area contributed by atoms with Gasteiger partial charge in [-0.25, -0.2) is 4.79 Å². The van der Waals surface area contributed by atoms with E-state index in [1.165, 1.54) is 24.0 Å². The normalized spacial score (nSPS) is 19.9. The number of esters is 1. The van der Waals surface area contributed by atoms with Crippen LogP contribution < -0.4 is 5.32 Å². The second-order valence-corrected chi connectivity index (χ2v) is 5.92. The van der Waals surface area contributed by atoms with E-state index in [-0.39, 0.29) is 17.7 Å². The quantitative estimate of drug-likeness (QED) is 0.882. The number of carbonyl (C=O) groups is 2. The first-order valence-electron chi connectivity index (χ1n) is 6.72. The molecule has 1 saturated carbocycles. The van der Waals surface area contributed by atoms with Crippen LogP contribution in [0.25, 0.3) is 0 Å². The number of nitrogens with one attached hydrogen (secondary N) is 1. The number of rotatable bonds is 4. The number of thiophene rings is 1. The molecule has 21 heavy (non-hydrogen) atoms. The Bertz CT molecular complexity index is 665. The second kappa shape index (κ2) is 5.69. The van der Waals surface area contributed by atoms with Gasteiger partial charge in [-0.2, -0.15) is 0 Å². The minimum Gasteiger partial charge on any atom is -0.465 e. The van der Waals surface area contributed by atoms with Crippen molar-refractivity contribution in [3.05, 3.63) is 52.2 Å². The summed E-state index contributed by atoms with van der Waals surface area (Å²) in [5, 5.41) is 4.61. The standard InChI is InChI=1S/C16H15NO3S/c1-20-16(19)14-13(7-8-21-14)17-15(18)12-9-11(12)10-5-3-2-4-6-10/h2-8,11-12H,9H2,1H3,(H,17,18)/t11-,12-/m0/s1. The summed E-state index contributed by atoms with van der Waals surface area (Å²) in [6, 6.07) is 11.8. The van der Waals surface area contributed by atoms with Crippen molar-refractivity contribution in [1.82, 2.24) is 0 Å². The number of carbonyl (C=O) groups excluding carboxylic acids is 2. The SMILES string of the molecule is COC(=O)c1sccc1NC(=O)[C@H]1C[C@H]1c1ccccc1. The fourth-order valence-corrected chi connectivity index (χ4v) is 3.20. The van der Waals surface area contributed by atoms with E-state index in [9.17, 15) is 9.59 Å². The minimum absolute atomic E-state index is 0.0159. The zero-order chi connectivity index (χ0) is 14.8. The van der Waals surface area contributed by atoms with Crippen LogP contribution in [0.5, 0.6) is 0 Å². The first-order chi connectivity index (χ1) is 10.2. The Hall–Kier alpha value is -2.14. The molecule has 2 atom stereocenters. The molecule has 1 heterocycles. The Morgan fingerprint density at radius 2 is 2.00 bits per heavy atom. The zero-order valence-corrected chi connectivity index (χ0v) is 12.4. The maximum atomic E-state index is 12.3. The summed E-state index contributed by atoms with van der Waals surface area (Å²) in [5.74, 6) is -0.188. The van der Waals surface area contributed by atoms with Crippen molar-refractivity contribution in [2.45, 2.75) is 12.3 Å². The van der Waals surface area contributed by atoms with Gasteiger partial charge in [-0.3, -0.25) is 4.79 Å². The van der Waals surface area contributed by atoms with Crippen LogP contribution >= 0.6 is 11.3 Å². The van der Waals surface area contributed by atoms with Crippen molar-refractivity contribution in [2.75, 3.05) is 12.4 Å². The van der Waals surface area contributed by atoms with Crippen molar-refractivity contribution >= 4 is 28.9 Å². The first-order valence-corrected chi connectivity index (χ1v) is 7.60. The Morgan fingerprint density at radius 3 is 2.71 bits per heavy atom. The molecule has 5 heteroatoms. The third-order valence-electron chi connectivity index (χ3n) is 3.65. The topological polar surface area (TPSA) is 55.4 Å². The summed E-state index contributed by atoms with van der Waals surface area (Å²) in [6.45, 7) is 0. The average molecular weight is 301 g/mol. The lowest BCUT2D eigenvalue weighted by molar-refractivity contribution is -0.117. The molecule has 4 nitrogen and oxygen atoms in total. The predicted octanol–water partition coefficient (Wildman–Crippen LogP) is 3.28. The molecule has 0 bridgehead atoms. The molecule has 0 saturated heterocycles. The molecule has 0 spiro atoms. The summed E-state index contributed by atoms with van der Waals surface area (Å²) in [5.41, 5.74) is 1.73. The lowest BCUT2D eigenvalue weighted by Gasteiger charge is -2.05. The maximum Gasteiger partial charge on any atom is 0.350 e. The molecular formula is C16H15NO3S. The highest BCUT2D eigenvalue weighted by Crippen LogP contribution is 2.48. The highest BCUT2D eigenvalue weighted by molar-refractivity contribution is 7.12. The molecule has 1 fully saturated rings. The van der Waals surface area contributed by atoms with Crippen molar-refractivity contribution < 1.29 is 14.3 Å². The Kier molecular flexibility index (Phi) is 3.75. The molecule has 3 rings (SSSR count). The summed E-state index contributed by atoms with van der Waals surface area (Å²) < 4.78 is 4.70. The van der Waals surface area contributed by atoms with Crippen molar-refractivity contribution in [1.29, 1.82) is 0 Å². The van der Waals surface area contributed by atoms with Gasteiger partial charge in [0, 0.05) is 5.92 Å². The van der Waals surface area contributed by atoms with Gasteiger partial charge in [0.2, 0.25) is 5.91 Å². The molecule has 1 N–H and O–H groups in total. The van der Waals surface area contributed by atoms with Crippen LogP contribution in [0.4, 0.5) is 5.69 Å². The van der Waals surface area contributed by atoms with Crippen molar-refractivity contribution in [3.63, 3.8) is 0 Å². The molecular weight excluding hydrogens is 286 g/mol. The van der Waals surface area contributed by atoms with Crippen LogP contribution in [0.2, 0.25) is 0 Å². The maximum absolute atomic E-state index is 12.3. The van der Waals surface area contributed by atoms with E-state index >= 15 is 0 Å². The molecule has 0 aliphatic heterocycles. The zero-order valence-electron chi connectivity index (χ0n) is 11.5. The van der Waals surface area contributed by atoms with Gasteiger partial charge in [-0.05, 0) is 29.3 Å². The van der Waals surface area contributed by atoms with E-state index in [0.717, 1.165) is 6.42 Å². The first kappa shape index (κ1) is 13.8. The van der Waals surface area contributed by atoms with Gasteiger partial charge in [-0.15, -0.1) is 11.3 Å². The Labute approximate surface area is 126 Å². The van der Waals surface area contributed by atoms with E-state index in [0.29, 0.717) is 10.6 Å². The number of ether oxygens (including phenoxy) is 1. The number of anilines is 1. The minimum atomic E-state index is -0.421. The number of hydrogen-bond acceptors (Lipinski definition) is 4. The Balaban J connectivity index is 1.66. The third-order valence-corrected chi connectivity index (χ3v) is 4.54. The van der Waals surface area contributed by atoms with Gasteiger partial charge in [0.25, 0.3) is 0 Å². The molecule has 0 radical (unpaired) electrons. The fourth-order valence-electron chi connectivity index (χ4n) is 2.44.